The molecule has 0 amide bonds. The Labute approximate surface area is 188 Å². The Morgan fingerprint density at radius 1 is 0.767 bits per heavy atom. The second-order valence-corrected chi connectivity index (χ2v) is 8.62. The first-order valence-electron chi connectivity index (χ1n) is 10.4. The van der Waals surface area contributed by atoms with Gasteiger partial charge in [0.2, 0.25) is 0 Å². The van der Waals surface area contributed by atoms with Gasteiger partial charge >= 0.3 is 0 Å². The van der Waals surface area contributed by atoms with Crippen LogP contribution in [0.15, 0.2) is 72.8 Å². The Morgan fingerprint density at radius 3 is 1.77 bits per heavy atom. The van der Waals surface area contributed by atoms with E-state index in [-0.39, 0.29) is 5.41 Å². The van der Waals surface area contributed by atoms with Crippen molar-refractivity contribution >= 4 is 40.3 Å². The fourth-order valence-corrected chi connectivity index (χ4v) is 4.63. The van der Waals surface area contributed by atoms with Crippen LogP contribution in [0, 0.1) is 11.3 Å². The van der Waals surface area contributed by atoms with Crippen molar-refractivity contribution in [2.24, 2.45) is 0 Å². The minimum Gasteiger partial charge on any atom is -0.311 e. The summed E-state index contributed by atoms with van der Waals surface area (Å²) in [5, 5.41) is 10.6. The van der Waals surface area contributed by atoms with Gasteiger partial charge in [-0.1, -0.05) is 55.1 Å². The summed E-state index contributed by atoms with van der Waals surface area (Å²) < 4.78 is 0. The standard InChI is InChI=1S/C26H24Cl2N2/c27-18-20-4-10-23(11-5-20)30(25-14-8-22(28)9-15-25)24-12-6-21(7-13-24)26(19-29)16-2-1-3-17-26/h4-15H,1-3,16-18H2. The zero-order valence-electron chi connectivity index (χ0n) is 16.8. The molecule has 0 radical (unpaired) electrons. The Hall–Kier alpha value is -2.47. The van der Waals surface area contributed by atoms with Crippen LogP contribution in [-0.4, -0.2) is 0 Å². The summed E-state index contributed by atoms with van der Waals surface area (Å²) in [5.41, 5.74) is 4.99. The van der Waals surface area contributed by atoms with Gasteiger partial charge in [-0.05, 0) is 72.5 Å². The molecular weight excluding hydrogens is 411 g/mol. The van der Waals surface area contributed by atoms with Crippen LogP contribution in [-0.2, 0) is 11.3 Å². The first-order valence-corrected chi connectivity index (χ1v) is 11.3. The topological polar surface area (TPSA) is 27.0 Å². The smallest absolute Gasteiger partial charge is 0.0822 e. The Bertz CT molecular complexity index is 1010. The van der Waals surface area contributed by atoms with Crippen molar-refractivity contribution in [2.75, 3.05) is 4.90 Å². The summed E-state index contributed by atoms with van der Waals surface area (Å²) in [6, 6.07) is 27.2. The van der Waals surface area contributed by atoms with Gasteiger partial charge in [0.25, 0.3) is 0 Å². The maximum absolute atomic E-state index is 9.92. The molecule has 1 saturated carbocycles. The van der Waals surface area contributed by atoms with E-state index < -0.39 is 0 Å². The highest BCUT2D eigenvalue weighted by atomic mass is 35.5. The molecule has 1 fully saturated rings. The van der Waals surface area contributed by atoms with Gasteiger partial charge in [-0.3, -0.25) is 0 Å². The van der Waals surface area contributed by atoms with Gasteiger partial charge in [-0.15, -0.1) is 11.6 Å². The van der Waals surface area contributed by atoms with Crippen LogP contribution in [0.1, 0.15) is 43.2 Å². The van der Waals surface area contributed by atoms with Crippen molar-refractivity contribution in [2.45, 2.75) is 43.4 Å². The van der Waals surface area contributed by atoms with Crippen LogP contribution in [0.2, 0.25) is 5.02 Å². The number of benzene rings is 3. The fraction of sp³-hybridized carbons (Fsp3) is 0.269. The maximum atomic E-state index is 9.92. The first kappa shape index (κ1) is 20.8. The van der Waals surface area contributed by atoms with E-state index in [0.29, 0.717) is 10.9 Å². The van der Waals surface area contributed by atoms with Gasteiger partial charge in [-0.25, -0.2) is 0 Å². The summed E-state index contributed by atoms with van der Waals surface area (Å²) in [6.45, 7) is 0. The number of anilines is 3. The maximum Gasteiger partial charge on any atom is 0.0822 e. The predicted molar refractivity (Wildman–Crippen MR) is 126 cm³/mol. The molecule has 30 heavy (non-hydrogen) atoms. The van der Waals surface area contributed by atoms with Gasteiger partial charge in [0.1, 0.15) is 0 Å². The summed E-state index contributed by atoms with van der Waals surface area (Å²) in [7, 11) is 0. The highest BCUT2D eigenvalue weighted by Crippen LogP contribution is 2.41. The van der Waals surface area contributed by atoms with Crippen molar-refractivity contribution in [1.82, 2.24) is 0 Å². The number of halogens is 2. The molecule has 0 heterocycles. The molecule has 3 aromatic rings. The molecule has 4 rings (SSSR count). The molecule has 0 aliphatic heterocycles. The van der Waals surface area contributed by atoms with Gasteiger partial charge in [0.15, 0.2) is 0 Å². The highest BCUT2D eigenvalue weighted by molar-refractivity contribution is 6.30. The summed E-state index contributed by atoms with van der Waals surface area (Å²) in [6.07, 6.45) is 5.37. The average molecular weight is 435 g/mol. The van der Waals surface area contributed by atoms with E-state index >= 15 is 0 Å². The van der Waals surface area contributed by atoms with E-state index in [2.05, 4.69) is 47.4 Å². The average Bonchev–Trinajstić information content (AvgIpc) is 2.82. The lowest BCUT2D eigenvalue weighted by atomic mass is 9.70. The van der Waals surface area contributed by atoms with E-state index in [1.165, 1.54) is 6.42 Å². The molecule has 0 atom stereocenters. The molecule has 3 aromatic carbocycles. The second kappa shape index (κ2) is 9.13. The zero-order valence-corrected chi connectivity index (χ0v) is 18.3. The Morgan fingerprint density at radius 2 is 1.27 bits per heavy atom. The molecule has 0 aromatic heterocycles. The summed E-state index contributed by atoms with van der Waals surface area (Å²) in [4.78, 5) is 2.19. The van der Waals surface area contributed by atoms with Crippen LogP contribution in [0.5, 0.6) is 0 Å². The Kier molecular flexibility index (Phi) is 6.32. The third-order valence-corrected chi connectivity index (χ3v) is 6.59. The monoisotopic (exact) mass is 434 g/mol. The molecular formula is C26H24Cl2N2. The molecule has 0 bridgehead atoms. The molecule has 152 valence electrons. The van der Waals surface area contributed by atoms with Crippen molar-refractivity contribution in [3.8, 4) is 6.07 Å². The van der Waals surface area contributed by atoms with Crippen LogP contribution >= 0.6 is 23.2 Å². The lowest BCUT2D eigenvalue weighted by molar-refractivity contribution is 0.366. The van der Waals surface area contributed by atoms with E-state index in [9.17, 15) is 5.26 Å². The molecule has 4 heteroatoms. The summed E-state index contributed by atoms with van der Waals surface area (Å²) >= 11 is 12.1. The van der Waals surface area contributed by atoms with Crippen molar-refractivity contribution in [3.63, 3.8) is 0 Å². The van der Waals surface area contributed by atoms with Gasteiger partial charge < -0.3 is 4.90 Å². The minimum absolute atomic E-state index is 0.343. The largest absolute Gasteiger partial charge is 0.311 e. The molecule has 0 N–H and O–H groups in total. The van der Waals surface area contributed by atoms with Crippen LogP contribution in [0.3, 0.4) is 0 Å². The van der Waals surface area contributed by atoms with Gasteiger partial charge in [0.05, 0.1) is 11.5 Å². The van der Waals surface area contributed by atoms with Gasteiger partial charge in [0, 0.05) is 28.0 Å². The SMILES string of the molecule is N#CC1(c2ccc(N(c3ccc(Cl)cc3)c3ccc(CCl)cc3)cc2)CCCCC1. The quantitative estimate of drug-likeness (QED) is 0.377. The molecule has 1 aliphatic rings. The Balaban J connectivity index is 1.73. The number of nitriles is 1. The minimum atomic E-state index is -0.343. The first-order chi connectivity index (χ1) is 14.6. The van der Waals surface area contributed by atoms with E-state index in [1.807, 2.05) is 36.4 Å². The normalized spacial score (nSPS) is 15.4. The second-order valence-electron chi connectivity index (χ2n) is 7.91. The van der Waals surface area contributed by atoms with Crippen molar-refractivity contribution in [1.29, 1.82) is 5.26 Å². The lowest BCUT2D eigenvalue weighted by Gasteiger charge is -2.32. The van der Waals surface area contributed by atoms with Crippen LogP contribution in [0.25, 0.3) is 0 Å². The molecule has 0 spiro atoms. The van der Waals surface area contributed by atoms with Crippen LogP contribution < -0.4 is 4.90 Å². The van der Waals surface area contributed by atoms with Crippen molar-refractivity contribution in [3.05, 3.63) is 88.9 Å². The lowest BCUT2D eigenvalue weighted by Crippen LogP contribution is -2.27. The number of rotatable bonds is 5. The number of hydrogen-bond acceptors (Lipinski definition) is 2. The number of hydrogen-bond donors (Lipinski definition) is 0. The molecule has 0 unspecified atom stereocenters. The summed E-state index contributed by atoms with van der Waals surface area (Å²) in [5.74, 6) is 0.492. The fourth-order valence-electron chi connectivity index (χ4n) is 4.32. The molecule has 2 nitrogen and oxygen atoms in total. The highest BCUT2D eigenvalue weighted by Gasteiger charge is 2.34. The third-order valence-electron chi connectivity index (χ3n) is 6.03. The molecule has 0 saturated heterocycles. The van der Waals surface area contributed by atoms with E-state index in [1.54, 1.807) is 0 Å². The number of alkyl halides is 1. The van der Waals surface area contributed by atoms with Gasteiger partial charge in [-0.2, -0.15) is 5.26 Å². The van der Waals surface area contributed by atoms with Crippen LogP contribution in [0.4, 0.5) is 17.1 Å². The third kappa shape index (κ3) is 4.19. The zero-order chi connectivity index (χ0) is 21.0. The number of nitrogens with zero attached hydrogens (tertiary/aromatic N) is 2. The predicted octanol–water partition coefficient (Wildman–Crippen LogP) is 8.27. The van der Waals surface area contributed by atoms with Crippen molar-refractivity contribution < 1.29 is 0 Å². The van der Waals surface area contributed by atoms with E-state index in [0.717, 1.165) is 53.9 Å². The molecule has 1 aliphatic carbocycles. The van der Waals surface area contributed by atoms with E-state index in [4.69, 9.17) is 23.2 Å².